The first kappa shape index (κ1) is 33.5. The standard InChI is InChI=1S/C37H32ClN3O8S2/c1-3-48-36(45)17-4-9-20(10-5-17)39-26(42)16-49-24-13-6-18(14-25(24)47-2)27-28-22-15-23(31(28)50-33-32(27)51-37(46)40-33)30-29(22)34(43)41(35(30)44)21-11-7-19(38)8-12-21/h4-14,22-23,27-31H,3,15-16H2,1-2H3,(H,39,42)(H,40,46)/t22-,23-,27+,28-,29+,30+,31-/m1/s1. The van der Waals surface area contributed by atoms with Gasteiger partial charge in [0, 0.05) is 26.8 Å². The molecule has 2 N–H and O–H groups in total. The summed E-state index contributed by atoms with van der Waals surface area (Å²) in [4.78, 5) is 70.4. The average Bonchev–Trinajstić information content (AvgIpc) is 3.87. The summed E-state index contributed by atoms with van der Waals surface area (Å²) < 4.78 is 16.6. The highest BCUT2D eigenvalue weighted by molar-refractivity contribution is 8.00. The van der Waals surface area contributed by atoms with Crippen LogP contribution in [-0.2, 0) is 19.1 Å². The average molecular weight is 746 g/mol. The number of amides is 3. The highest BCUT2D eigenvalue weighted by Crippen LogP contribution is 2.68. The third-order valence-corrected chi connectivity index (χ3v) is 13.2. The predicted molar refractivity (Wildman–Crippen MR) is 192 cm³/mol. The maximum absolute atomic E-state index is 14.0. The van der Waals surface area contributed by atoms with Crippen LogP contribution in [0.1, 0.15) is 40.1 Å². The first-order valence-corrected chi connectivity index (χ1v) is 18.6. The number of thiazole rings is 1. The number of hydrogen-bond donors (Lipinski definition) is 2. The molecule has 3 amide bonds. The number of aromatic amines is 1. The summed E-state index contributed by atoms with van der Waals surface area (Å²) in [6.45, 7) is 1.70. The van der Waals surface area contributed by atoms with Crippen LogP contribution in [-0.4, -0.2) is 54.2 Å². The number of nitrogens with zero attached hydrogens (tertiary/aromatic N) is 1. The molecule has 11 nitrogen and oxygen atoms in total. The van der Waals surface area contributed by atoms with E-state index in [0.717, 1.165) is 21.9 Å². The van der Waals surface area contributed by atoms with Gasteiger partial charge in [-0.25, -0.2) is 4.79 Å². The summed E-state index contributed by atoms with van der Waals surface area (Å²) in [6.07, 6.45) is 0.762. The molecular formula is C37H32ClN3O8S2. The Kier molecular flexibility index (Phi) is 8.67. The molecule has 262 valence electrons. The van der Waals surface area contributed by atoms with Gasteiger partial charge in [0.15, 0.2) is 18.1 Å². The number of carbonyl (C=O) groups is 4. The number of anilines is 2. The van der Waals surface area contributed by atoms with E-state index >= 15 is 0 Å². The lowest BCUT2D eigenvalue weighted by Crippen LogP contribution is -2.42. The molecule has 2 aliphatic heterocycles. The Labute approximate surface area is 305 Å². The second-order valence-corrected chi connectivity index (χ2v) is 15.6. The number of methoxy groups -OCH3 is 1. The quantitative estimate of drug-likeness (QED) is 0.156. The molecular weight excluding hydrogens is 714 g/mol. The second-order valence-electron chi connectivity index (χ2n) is 13.0. The number of imide groups is 1. The van der Waals surface area contributed by atoms with Crippen molar-refractivity contribution in [3.8, 4) is 11.5 Å². The van der Waals surface area contributed by atoms with E-state index < -0.39 is 23.7 Å². The van der Waals surface area contributed by atoms with Gasteiger partial charge in [0.25, 0.3) is 5.91 Å². The van der Waals surface area contributed by atoms with E-state index in [1.54, 1.807) is 73.3 Å². The van der Waals surface area contributed by atoms with Crippen molar-refractivity contribution in [3.63, 3.8) is 0 Å². The van der Waals surface area contributed by atoms with Crippen molar-refractivity contribution in [2.45, 2.75) is 29.5 Å². The highest BCUT2D eigenvalue weighted by Gasteiger charge is 2.69. The van der Waals surface area contributed by atoms with Gasteiger partial charge >= 0.3 is 10.8 Å². The van der Waals surface area contributed by atoms with Crippen molar-refractivity contribution in [3.05, 3.63) is 97.4 Å². The highest BCUT2D eigenvalue weighted by atomic mass is 35.5. The number of thioether (sulfide) groups is 1. The zero-order chi connectivity index (χ0) is 35.6. The van der Waals surface area contributed by atoms with Gasteiger partial charge in [-0.3, -0.25) is 24.1 Å². The zero-order valence-corrected chi connectivity index (χ0v) is 29.8. The van der Waals surface area contributed by atoms with Crippen LogP contribution in [0.25, 0.3) is 0 Å². The van der Waals surface area contributed by atoms with Gasteiger partial charge in [0.05, 0.1) is 41.8 Å². The van der Waals surface area contributed by atoms with Crippen LogP contribution in [0.15, 0.2) is 76.6 Å². The molecule has 3 heterocycles. The van der Waals surface area contributed by atoms with Gasteiger partial charge in [0.1, 0.15) is 0 Å². The van der Waals surface area contributed by atoms with Crippen molar-refractivity contribution in [2.24, 2.45) is 29.6 Å². The fourth-order valence-corrected chi connectivity index (χ4v) is 11.5. The van der Waals surface area contributed by atoms with Gasteiger partial charge in [-0.2, -0.15) is 0 Å². The number of benzene rings is 3. The number of halogens is 1. The summed E-state index contributed by atoms with van der Waals surface area (Å²) >= 11 is 8.89. The maximum Gasteiger partial charge on any atom is 0.338 e. The summed E-state index contributed by atoms with van der Waals surface area (Å²) in [6, 6.07) is 18.7. The first-order chi connectivity index (χ1) is 24.7. The number of hydrogen-bond acceptors (Lipinski definition) is 10. The van der Waals surface area contributed by atoms with Crippen LogP contribution in [0, 0.1) is 29.6 Å². The number of H-pyrrole nitrogens is 1. The SMILES string of the molecule is CCOC(=O)c1ccc(NC(=O)COc2ccc([C@@H]3c4sc(=O)[nH]c4S[C@@H]4[C@@H]5C[C@@H]([C@@H]6C(=O)N(c7ccc(Cl)cc7)C(=O)[C@@H]56)[C@H]34)cc2OC)cc1. The molecule has 2 saturated carbocycles. The minimum atomic E-state index is -0.441. The Hall–Kier alpha value is -4.59. The predicted octanol–water partition coefficient (Wildman–Crippen LogP) is 5.97. The first-order valence-electron chi connectivity index (χ1n) is 16.6. The fourth-order valence-electron chi connectivity index (χ4n) is 8.48. The molecule has 0 radical (unpaired) electrons. The monoisotopic (exact) mass is 745 g/mol. The minimum absolute atomic E-state index is 0.000382. The van der Waals surface area contributed by atoms with Crippen LogP contribution in [0.4, 0.5) is 11.4 Å². The van der Waals surface area contributed by atoms with E-state index in [2.05, 4.69) is 10.3 Å². The van der Waals surface area contributed by atoms with E-state index in [9.17, 15) is 24.0 Å². The second kappa shape index (κ2) is 13.2. The molecule has 2 aliphatic carbocycles. The Morgan fingerprint density at radius 2 is 1.69 bits per heavy atom. The number of fused-ring (bicyclic) bond motifs is 9. The fraction of sp³-hybridized carbons (Fsp3) is 0.324. The van der Waals surface area contributed by atoms with E-state index in [4.69, 9.17) is 25.8 Å². The molecule has 4 aromatic rings. The smallest absolute Gasteiger partial charge is 0.338 e. The molecule has 3 fully saturated rings. The van der Waals surface area contributed by atoms with Gasteiger partial charge in [-0.1, -0.05) is 29.0 Å². The summed E-state index contributed by atoms with van der Waals surface area (Å²) in [7, 11) is 1.52. The molecule has 3 aromatic carbocycles. The Bertz CT molecular complexity index is 2120. The largest absolute Gasteiger partial charge is 0.493 e. The molecule has 14 heteroatoms. The van der Waals surface area contributed by atoms with E-state index in [0.29, 0.717) is 33.5 Å². The number of esters is 1. The maximum atomic E-state index is 14.0. The zero-order valence-electron chi connectivity index (χ0n) is 27.4. The third-order valence-electron chi connectivity index (χ3n) is 10.4. The molecule has 0 unspecified atom stereocenters. The van der Waals surface area contributed by atoms with Crippen molar-refractivity contribution in [2.75, 3.05) is 30.5 Å². The molecule has 51 heavy (non-hydrogen) atoms. The van der Waals surface area contributed by atoms with Gasteiger partial charge < -0.3 is 24.5 Å². The van der Waals surface area contributed by atoms with Crippen molar-refractivity contribution < 1.29 is 33.4 Å². The molecule has 0 spiro atoms. The van der Waals surface area contributed by atoms with Gasteiger partial charge in [0.2, 0.25) is 11.8 Å². The molecule has 1 aromatic heterocycles. The third kappa shape index (κ3) is 5.71. The number of rotatable bonds is 9. The minimum Gasteiger partial charge on any atom is -0.493 e. The molecule has 4 aliphatic rings. The number of aromatic nitrogens is 1. The number of carbonyl (C=O) groups excluding carboxylic acids is 4. The molecule has 7 atom stereocenters. The summed E-state index contributed by atoms with van der Waals surface area (Å²) in [5.74, 6) is -1.55. The van der Waals surface area contributed by atoms with Gasteiger partial charge in [-0.15, -0.1) is 11.8 Å². The van der Waals surface area contributed by atoms with E-state index in [1.807, 2.05) is 12.1 Å². The molecule has 1 saturated heterocycles. The van der Waals surface area contributed by atoms with Crippen molar-refractivity contribution in [1.82, 2.24) is 4.98 Å². The Morgan fingerprint density at radius 1 is 0.961 bits per heavy atom. The lowest BCUT2D eigenvalue weighted by Gasteiger charge is -2.43. The van der Waals surface area contributed by atoms with E-state index in [1.165, 1.54) is 23.3 Å². The van der Waals surface area contributed by atoms with Crippen LogP contribution < -0.4 is 24.6 Å². The normalized spacial score (nSPS) is 25.6. The number of nitrogens with one attached hydrogen (secondary N) is 2. The van der Waals surface area contributed by atoms with Crippen molar-refractivity contribution >= 4 is 69.8 Å². The topological polar surface area (TPSA) is 144 Å². The van der Waals surface area contributed by atoms with Crippen molar-refractivity contribution in [1.29, 1.82) is 0 Å². The molecule has 2 bridgehead atoms. The van der Waals surface area contributed by atoms with Crippen LogP contribution in [0.5, 0.6) is 11.5 Å². The van der Waals surface area contributed by atoms with Crippen LogP contribution >= 0.6 is 34.7 Å². The Balaban J connectivity index is 1.03. The lowest BCUT2D eigenvalue weighted by molar-refractivity contribution is -0.123. The molecule has 8 rings (SSSR count). The lowest BCUT2D eigenvalue weighted by atomic mass is 9.68. The summed E-state index contributed by atoms with van der Waals surface area (Å²) in [5, 5.41) is 4.11. The number of ether oxygens (including phenoxy) is 3. The van der Waals surface area contributed by atoms with E-state index in [-0.39, 0.29) is 58.8 Å². The van der Waals surface area contributed by atoms with Gasteiger partial charge in [-0.05, 0) is 97.3 Å². The van der Waals surface area contributed by atoms with Crippen LogP contribution in [0.2, 0.25) is 5.02 Å². The van der Waals surface area contributed by atoms with Crippen LogP contribution in [0.3, 0.4) is 0 Å². The summed E-state index contributed by atoms with van der Waals surface area (Å²) in [5.41, 5.74) is 2.30. The Morgan fingerprint density at radius 3 is 2.39 bits per heavy atom.